The van der Waals surface area contributed by atoms with Crippen molar-refractivity contribution in [2.45, 2.75) is 32.4 Å². The first kappa shape index (κ1) is 16.8. The molecular formula is C18H19BrN2O3. The highest BCUT2D eigenvalue weighted by molar-refractivity contribution is 9.10. The average molecular weight is 391 g/mol. The van der Waals surface area contributed by atoms with Gasteiger partial charge in [-0.15, -0.1) is 0 Å². The Morgan fingerprint density at radius 2 is 2.12 bits per heavy atom. The summed E-state index contributed by atoms with van der Waals surface area (Å²) in [6.45, 7) is 4.85. The number of carboxylic acids is 1. The molecule has 0 spiro atoms. The Morgan fingerprint density at radius 1 is 1.42 bits per heavy atom. The van der Waals surface area contributed by atoms with E-state index in [0.29, 0.717) is 31.3 Å². The van der Waals surface area contributed by atoms with Crippen LogP contribution in [0.3, 0.4) is 0 Å². The van der Waals surface area contributed by atoms with Gasteiger partial charge in [-0.3, -0.25) is 4.90 Å². The summed E-state index contributed by atoms with van der Waals surface area (Å²) in [4.78, 5) is 18.3. The second-order valence-electron chi connectivity index (χ2n) is 5.99. The van der Waals surface area contributed by atoms with Crippen LogP contribution in [0, 0.1) is 0 Å². The van der Waals surface area contributed by atoms with Crippen molar-refractivity contribution in [3.8, 4) is 0 Å². The molecule has 24 heavy (non-hydrogen) atoms. The van der Waals surface area contributed by atoms with Gasteiger partial charge >= 0.3 is 5.97 Å². The molecule has 1 N–H and O–H groups in total. The maximum Gasteiger partial charge on any atom is 0.337 e. The number of hydrogen-bond acceptors (Lipinski definition) is 4. The van der Waals surface area contributed by atoms with Crippen molar-refractivity contribution < 1.29 is 14.6 Å². The number of ether oxygens (including phenoxy) is 1. The van der Waals surface area contributed by atoms with Crippen LogP contribution in [0.2, 0.25) is 0 Å². The Labute approximate surface area is 149 Å². The van der Waals surface area contributed by atoms with E-state index >= 15 is 0 Å². The fourth-order valence-electron chi connectivity index (χ4n) is 3.10. The number of halogens is 1. The number of nitrogens with zero attached hydrogens (tertiary/aromatic N) is 2. The quantitative estimate of drug-likeness (QED) is 0.850. The molecule has 1 heterocycles. The molecule has 1 unspecified atom stereocenters. The largest absolute Gasteiger partial charge is 0.478 e. The highest BCUT2D eigenvalue weighted by Crippen LogP contribution is 2.41. The molecule has 0 aromatic heterocycles. The van der Waals surface area contributed by atoms with Crippen LogP contribution in [0.1, 0.15) is 25.8 Å². The molecule has 3 rings (SSSR count). The Bertz CT molecular complexity index is 752. The molecule has 1 aliphatic carbocycles. The molecule has 1 atom stereocenters. The normalized spacial score (nSPS) is 22.5. The molecule has 0 fully saturated rings. The van der Waals surface area contributed by atoms with E-state index in [1.165, 1.54) is 0 Å². The predicted octanol–water partition coefficient (Wildman–Crippen LogP) is 3.71. The number of hydrogen-bond donors (Lipinski definition) is 1. The molecule has 0 saturated heterocycles. The third-order valence-electron chi connectivity index (χ3n) is 4.17. The Balaban J connectivity index is 2.04. The first-order valence-electron chi connectivity index (χ1n) is 7.84. The van der Waals surface area contributed by atoms with Crippen LogP contribution in [0.25, 0.3) is 0 Å². The average Bonchev–Trinajstić information content (AvgIpc) is 2.81. The minimum atomic E-state index is -0.944. The van der Waals surface area contributed by atoms with Crippen molar-refractivity contribution in [1.82, 2.24) is 4.90 Å². The van der Waals surface area contributed by atoms with E-state index in [0.717, 1.165) is 10.0 Å². The summed E-state index contributed by atoms with van der Waals surface area (Å²) in [6.07, 6.45) is 4.19. The molecule has 0 saturated carbocycles. The number of rotatable bonds is 4. The third kappa shape index (κ3) is 2.98. The van der Waals surface area contributed by atoms with Gasteiger partial charge in [0.25, 0.3) is 6.02 Å². The van der Waals surface area contributed by atoms with Crippen molar-refractivity contribution in [2.75, 3.05) is 6.61 Å². The SMILES string of the molecule is CCOC1=NC2(C)CC=CC(C(=O)O)=C2N1Cc1ccc(Br)cc1. The van der Waals surface area contributed by atoms with Crippen molar-refractivity contribution in [1.29, 1.82) is 0 Å². The number of aliphatic carboxylic acids is 1. The lowest BCUT2D eigenvalue weighted by atomic mass is 9.86. The van der Waals surface area contributed by atoms with Crippen LogP contribution in [-0.4, -0.2) is 34.1 Å². The smallest absolute Gasteiger partial charge is 0.337 e. The number of carbonyl (C=O) groups is 1. The van der Waals surface area contributed by atoms with E-state index in [2.05, 4.69) is 15.9 Å². The molecule has 126 valence electrons. The number of aliphatic imine (C=N–C) groups is 1. The zero-order chi connectivity index (χ0) is 17.3. The van der Waals surface area contributed by atoms with Crippen LogP contribution in [-0.2, 0) is 16.1 Å². The lowest BCUT2D eigenvalue weighted by Gasteiger charge is -2.31. The fraction of sp³-hybridized carbons (Fsp3) is 0.333. The molecule has 0 radical (unpaired) electrons. The minimum Gasteiger partial charge on any atom is -0.478 e. The number of fused-ring (bicyclic) bond motifs is 1. The molecule has 5 nitrogen and oxygen atoms in total. The third-order valence-corrected chi connectivity index (χ3v) is 4.69. The lowest BCUT2D eigenvalue weighted by Crippen LogP contribution is -2.35. The van der Waals surface area contributed by atoms with Crippen LogP contribution >= 0.6 is 15.9 Å². The van der Waals surface area contributed by atoms with Crippen molar-refractivity contribution in [3.05, 3.63) is 57.7 Å². The van der Waals surface area contributed by atoms with Crippen molar-refractivity contribution in [3.63, 3.8) is 0 Å². The summed E-state index contributed by atoms with van der Waals surface area (Å²) in [5.41, 5.74) is 1.44. The summed E-state index contributed by atoms with van der Waals surface area (Å²) in [5.74, 6) is -0.944. The summed E-state index contributed by atoms with van der Waals surface area (Å²) in [5, 5.41) is 9.60. The van der Waals surface area contributed by atoms with Crippen LogP contribution in [0.5, 0.6) is 0 Å². The fourth-order valence-corrected chi connectivity index (χ4v) is 3.37. The molecule has 1 aliphatic heterocycles. The zero-order valence-corrected chi connectivity index (χ0v) is 15.2. The maximum absolute atomic E-state index is 11.7. The predicted molar refractivity (Wildman–Crippen MR) is 95.6 cm³/mol. The summed E-state index contributed by atoms with van der Waals surface area (Å²) in [7, 11) is 0. The van der Waals surface area contributed by atoms with Crippen LogP contribution in [0.15, 0.2) is 57.2 Å². The van der Waals surface area contributed by atoms with Crippen molar-refractivity contribution in [2.24, 2.45) is 4.99 Å². The lowest BCUT2D eigenvalue weighted by molar-refractivity contribution is -0.132. The van der Waals surface area contributed by atoms with Gasteiger partial charge in [-0.1, -0.05) is 34.1 Å². The van der Waals surface area contributed by atoms with Crippen LogP contribution < -0.4 is 0 Å². The van der Waals surface area contributed by atoms with Crippen LogP contribution in [0.4, 0.5) is 0 Å². The molecule has 6 heteroatoms. The summed E-state index contributed by atoms with van der Waals surface area (Å²) in [6, 6.07) is 8.43. The first-order valence-corrected chi connectivity index (χ1v) is 8.63. The minimum absolute atomic E-state index is 0.277. The Morgan fingerprint density at radius 3 is 2.75 bits per heavy atom. The van der Waals surface area contributed by atoms with E-state index in [-0.39, 0.29) is 5.57 Å². The maximum atomic E-state index is 11.7. The molecule has 1 aromatic carbocycles. The molecule has 1 aromatic rings. The van der Waals surface area contributed by atoms with E-state index < -0.39 is 11.5 Å². The monoisotopic (exact) mass is 390 g/mol. The van der Waals surface area contributed by atoms with Gasteiger partial charge in [0.1, 0.15) is 5.54 Å². The summed E-state index contributed by atoms with van der Waals surface area (Å²) >= 11 is 3.43. The topological polar surface area (TPSA) is 62.1 Å². The first-order chi connectivity index (χ1) is 11.4. The highest BCUT2D eigenvalue weighted by Gasteiger charge is 2.45. The van der Waals surface area contributed by atoms with Gasteiger partial charge in [0.2, 0.25) is 0 Å². The van der Waals surface area contributed by atoms with Gasteiger partial charge in [-0.2, -0.15) is 0 Å². The standard InChI is InChI=1S/C18H19BrN2O3/c1-3-24-17-20-18(2)10-4-5-14(16(22)23)15(18)21(17)11-12-6-8-13(19)9-7-12/h4-9H,3,10-11H2,1-2H3,(H,22,23). The van der Waals surface area contributed by atoms with E-state index in [1.807, 2.05) is 49.1 Å². The van der Waals surface area contributed by atoms with Gasteiger partial charge < -0.3 is 9.84 Å². The zero-order valence-electron chi connectivity index (χ0n) is 13.6. The second kappa shape index (κ2) is 6.43. The number of carboxylic acid groups (broad SMARTS) is 1. The number of benzene rings is 1. The highest BCUT2D eigenvalue weighted by atomic mass is 79.9. The molecular weight excluding hydrogens is 372 g/mol. The molecule has 0 bridgehead atoms. The Kier molecular flexibility index (Phi) is 4.49. The van der Waals surface area contributed by atoms with Gasteiger partial charge in [0.05, 0.1) is 24.4 Å². The van der Waals surface area contributed by atoms with Gasteiger partial charge in [-0.25, -0.2) is 9.79 Å². The number of amidine groups is 1. The molecule has 0 amide bonds. The van der Waals surface area contributed by atoms with Gasteiger partial charge in [-0.05, 0) is 44.0 Å². The van der Waals surface area contributed by atoms with E-state index in [9.17, 15) is 9.90 Å². The summed E-state index contributed by atoms with van der Waals surface area (Å²) < 4.78 is 6.71. The van der Waals surface area contributed by atoms with E-state index in [4.69, 9.17) is 9.73 Å². The van der Waals surface area contributed by atoms with Gasteiger partial charge in [0, 0.05) is 4.47 Å². The van der Waals surface area contributed by atoms with Crippen molar-refractivity contribution >= 4 is 27.9 Å². The Hall–Kier alpha value is -2.08. The second-order valence-corrected chi connectivity index (χ2v) is 6.90. The van der Waals surface area contributed by atoms with Gasteiger partial charge in [0.15, 0.2) is 0 Å². The van der Waals surface area contributed by atoms with E-state index in [1.54, 1.807) is 6.08 Å². The molecule has 2 aliphatic rings.